The van der Waals surface area contributed by atoms with Gasteiger partial charge in [-0.2, -0.15) is 0 Å². The molecule has 33 heavy (non-hydrogen) atoms. The van der Waals surface area contributed by atoms with Crippen LogP contribution in [0.25, 0.3) is 5.76 Å². The van der Waals surface area contributed by atoms with Gasteiger partial charge in [-0.25, -0.2) is 0 Å². The minimum absolute atomic E-state index is 0.0523. The molecule has 7 nitrogen and oxygen atoms in total. The van der Waals surface area contributed by atoms with Gasteiger partial charge in [0.15, 0.2) is 0 Å². The van der Waals surface area contributed by atoms with E-state index in [0.717, 1.165) is 5.56 Å². The van der Waals surface area contributed by atoms with Crippen molar-refractivity contribution in [1.82, 2.24) is 4.90 Å². The lowest BCUT2D eigenvalue weighted by Gasteiger charge is -2.25. The summed E-state index contributed by atoms with van der Waals surface area (Å²) in [6.45, 7) is 7.07. The number of ketones is 1. The van der Waals surface area contributed by atoms with Gasteiger partial charge in [-0.15, -0.1) is 0 Å². The molecule has 1 N–H and O–H groups in total. The van der Waals surface area contributed by atoms with E-state index in [-0.39, 0.29) is 24.5 Å². The second-order valence-corrected chi connectivity index (χ2v) is 8.44. The molecule has 1 atom stereocenters. The molecule has 0 radical (unpaired) electrons. The Morgan fingerprint density at radius 1 is 1.09 bits per heavy atom. The molecule has 0 aliphatic carbocycles. The zero-order valence-electron chi connectivity index (χ0n) is 19.8. The van der Waals surface area contributed by atoms with Gasteiger partial charge in [-0.1, -0.05) is 26.0 Å². The van der Waals surface area contributed by atoms with Gasteiger partial charge < -0.3 is 24.2 Å². The maximum atomic E-state index is 13.0. The van der Waals surface area contributed by atoms with Crippen LogP contribution in [0, 0.1) is 12.8 Å². The molecule has 3 rings (SSSR count). The summed E-state index contributed by atoms with van der Waals surface area (Å²) in [5, 5.41) is 11.2. The summed E-state index contributed by atoms with van der Waals surface area (Å²) in [5.41, 5.74) is 2.03. The number of amides is 1. The van der Waals surface area contributed by atoms with Crippen LogP contribution in [0.4, 0.5) is 0 Å². The van der Waals surface area contributed by atoms with E-state index < -0.39 is 17.7 Å². The van der Waals surface area contributed by atoms with Crippen LogP contribution in [-0.4, -0.2) is 55.7 Å². The van der Waals surface area contributed by atoms with Crippen LogP contribution >= 0.6 is 0 Å². The Morgan fingerprint density at radius 2 is 1.79 bits per heavy atom. The van der Waals surface area contributed by atoms with Gasteiger partial charge in [0.05, 0.1) is 31.9 Å². The van der Waals surface area contributed by atoms with Gasteiger partial charge in [-0.05, 0) is 54.3 Å². The van der Waals surface area contributed by atoms with Gasteiger partial charge in [0.2, 0.25) is 0 Å². The number of rotatable bonds is 9. The molecular formula is C26H31NO6. The molecule has 2 aromatic rings. The molecule has 1 aliphatic rings. The number of hydrogen-bond acceptors (Lipinski definition) is 6. The largest absolute Gasteiger partial charge is 0.507 e. The number of benzene rings is 2. The SMILES string of the molecule is COCCN1C(=O)C(=O)/C(=C(\O)c2ccc(OCC(C)C)c(C)c2)C1c1ccc(OC)cc1. The van der Waals surface area contributed by atoms with Crippen LogP contribution < -0.4 is 9.47 Å². The summed E-state index contributed by atoms with van der Waals surface area (Å²) in [4.78, 5) is 27.3. The minimum Gasteiger partial charge on any atom is -0.507 e. The van der Waals surface area contributed by atoms with E-state index in [1.54, 1.807) is 49.6 Å². The van der Waals surface area contributed by atoms with E-state index in [9.17, 15) is 14.7 Å². The number of ether oxygens (including phenoxy) is 3. The third-order valence-corrected chi connectivity index (χ3v) is 5.53. The van der Waals surface area contributed by atoms with Crippen molar-refractivity contribution in [3.63, 3.8) is 0 Å². The number of Topliss-reactive ketones (excluding diaryl/α,β-unsaturated/α-hetero) is 1. The molecular weight excluding hydrogens is 422 g/mol. The van der Waals surface area contributed by atoms with Crippen LogP contribution in [-0.2, 0) is 14.3 Å². The van der Waals surface area contributed by atoms with Gasteiger partial charge in [0.25, 0.3) is 11.7 Å². The number of methoxy groups -OCH3 is 2. The number of carbonyl (C=O) groups is 2. The Hall–Kier alpha value is -3.32. The van der Waals surface area contributed by atoms with Crippen LogP contribution in [0.5, 0.6) is 11.5 Å². The normalized spacial score (nSPS) is 17.6. The molecule has 1 fully saturated rings. The highest BCUT2D eigenvalue weighted by Gasteiger charge is 2.45. The molecule has 176 valence electrons. The van der Waals surface area contributed by atoms with Crippen molar-refractivity contribution in [2.75, 3.05) is 34.0 Å². The van der Waals surface area contributed by atoms with Crippen LogP contribution in [0.15, 0.2) is 48.0 Å². The molecule has 0 spiro atoms. The predicted octanol–water partition coefficient (Wildman–Crippen LogP) is 4.11. The highest BCUT2D eigenvalue weighted by atomic mass is 16.5. The summed E-state index contributed by atoms with van der Waals surface area (Å²) in [7, 11) is 3.10. The van der Waals surface area contributed by atoms with Crippen molar-refractivity contribution in [3.05, 3.63) is 64.7 Å². The summed E-state index contributed by atoms with van der Waals surface area (Å²) in [6.07, 6.45) is 0. The number of likely N-dealkylation sites (tertiary alicyclic amines) is 1. The highest BCUT2D eigenvalue weighted by molar-refractivity contribution is 6.46. The number of aliphatic hydroxyl groups is 1. The van der Waals surface area contributed by atoms with E-state index in [2.05, 4.69) is 13.8 Å². The van der Waals surface area contributed by atoms with Crippen molar-refractivity contribution in [1.29, 1.82) is 0 Å². The first-order valence-corrected chi connectivity index (χ1v) is 10.9. The van der Waals surface area contributed by atoms with Crippen LogP contribution in [0.1, 0.15) is 36.6 Å². The lowest BCUT2D eigenvalue weighted by Crippen LogP contribution is -2.32. The molecule has 0 saturated carbocycles. The maximum absolute atomic E-state index is 13.0. The van der Waals surface area contributed by atoms with Crippen molar-refractivity contribution < 1.29 is 28.9 Å². The molecule has 1 amide bonds. The zero-order chi connectivity index (χ0) is 24.1. The minimum atomic E-state index is -0.733. The van der Waals surface area contributed by atoms with E-state index in [1.165, 1.54) is 12.0 Å². The number of hydrogen-bond donors (Lipinski definition) is 1. The van der Waals surface area contributed by atoms with Crippen molar-refractivity contribution >= 4 is 17.4 Å². The Kier molecular flexibility index (Phi) is 7.76. The zero-order valence-corrected chi connectivity index (χ0v) is 19.8. The fourth-order valence-electron chi connectivity index (χ4n) is 3.80. The van der Waals surface area contributed by atoms with E-state index in [1.807, 2.05) is 6.92 Å². The van der Waals surface area contributed by atoms with Gasteiger partial charge >= 0.3 is 0 Å². The average molecular weight is 454 g/mol. The molecule has 1 heterocycles. The molecule has 1 saturated heterocycles. The lowest BCUT2D eigenvalue weighted by atomic mass is 9.94. The van der Waals surface area contributed by atoms with Gasteiger partial charge in [0.1, 0.15) is 17.3 Å². The van der Waals surface area contributed by atoms with E-state index in [0.29, 0.717) is 35.2 Å². The second kappa shape index (κ2) is 10.5. The summed E-state index contributed by atoms with van der Waals surface area (Å²) in [5.74, 6) is 0.149. The molecule has 1 unspecified atom stereocenters. The first-order chi connectivity index (χ1) is 15.8. The predicted molar refractivity (Wildman–Crippen MR) is 125 cm³/mol. The lowest BCUT2D eigenvalue weighted by molar-refractivity contribution is -0.140. The fourth-order valence-corrected chi connectivity index (χ4v) is 3.80. The number of aryl methyl sites for hydroxylation is 1. The third-order valence-electron chi connectivity index (χ3n) is 5.53. The van der Waals surface area contributed by atoms with E-state index in [4.69, 9.17) is 14.2 Å². The maximum Gasteiger partial charge on any atom is 0.295 e. The standard InChI is InChI=1S/C26H31NO6/c1-16(2)15-33-21-11-8-19(14-17(21)3)24(28)22-23(18-6-9-20(32-5)10-7-18)27(12-13-31-4)26(30)25(22)29/h6-11,14,16,23,28H,12-13,15H2,1-5H3/b24-22-. The highest BCUT2D eigenvalue weighted by Crippen LogP contribution is 2.40. The smallest absolute Gasteiger partial charge is 0.295 e. The first-order valence-electron chi connectivity index (χ1n) is 10.9. The molecule has 1 aliphatic heterocycles. The number of aliphatic hydroxyl groups excluding tert-OH is 1. The Balaban J connectivity index is 2.06. The summed E-state index contributed by atoms with van der Waals surface area (Å²) < 4.78 is 16.2. The Morgan fingerprint density at radius 3 is 2.36 bits per heavy atom. The average Bonchev–Trinajstić information content (AvgIpc) is 3.06. The first kappa shape index (κ1) is 24.3. The van der Waals surface area contributed by atoms with Crippen molar-refractivity contribution in [3.8, 4) is 11.5 Å². The monoisotopic (exact) mass is 453 g/mol. The molecule has 0 bridgehead atoms. The van der Waals surface area contributed by atoms with E-state index >= 15 is 0 Å². The fraction of sp³-hybridized carbons (Fsp3) is 0.385. The Bertz CT molecular complexity index is 1040. The van der Waals surface area contributed by atoms with Crippen molar-refractivity contribution in [2.45, 2.75) is 26.8 Å². The summed E-state index contributed by atoms with van der Waals surface area (Å²) >= 11 is 0. The second-order valence-electron chi connectivity index (χ2n) is 8.44. The molecule has 7 heteroatoms. The van der Waals surface area contributed by atoms with Gasteiger partial charge in [0, 0.05) is 19.2 Å². The van der Waals surface area contributed by atoms with Crippen LogP contribution in [0.3, 0.4) is 0 Å². The quantitative estimate of drug-likeness (QED) is 0.349. The topological polar surface area (TPSA) is 85.3 Å². The Labute approximate surface area is 194 Å². The third kappa shape index (κ3) is 5.20. The molecule has 0 aromatic heterocycles. The number of nitrogens with zero attached hydrogens (tertiary/aromatic N) is 1. The number of carbonyl (C=O) groups excluding carboxylic acids is 2. The molecule has 2 aromatic carbocycles. The summed E-state index contributed by atoms with van der Waals surface area (Å²) in [6, 6.07) is 11.6. The van der Waals surface area contributed by atoms with Gasteiger partial charge in [-0.3, -0.25) is 9.59 Å². The van der Waals surface area contributed by atoms with Crippen molar-refractivity contribution in [2.24, 2.45) is 5.92 Å². The van der Waals surface area contributed by atoms with Crippen LogP contribution in [0.2, 0.25) is 0 Å².